The minimum absolute atomic E-state index is 0.133. The van der Waals surface area contributed by atoms with Crippen molar-refractivity contribution in [1.29, 1.82) is 0 Å². The smallest absolute Gasteiger partial charge is 0.262 e. The van der Waals surface area contributed by atoms with Gasteiger partial charge in [0, 0.05) is 30.0 Å². The number of anilines is 3. The molecule has 0 spiro atoms. The second-order valence-electron chi connectivity index (χ2n) is 8.97. The molecular formula is C22H28ClN5O3. The van der Waals surface area contributed by atoms with Crippen molar-refractivity contribution in [2.75, 3.05) is 17.2 Å². The Morgan fingerprint density at radius 2 is 1.87 bits per heavy atom. The molecule has 0 unspecified atom stereocenters. The number of hydrogen-bond acceptors (Lipinski definition) is 7. The van der Waals surface area contributed by atoms with Gasteiger partial charge in [-0.3, -0.25) is 4.79 Å². The Kier molecular flexibility index (Phi) is 6.27. The van der Waals surface area contributed by atoms with Crippen molar-refractivity contribution in [1.82, 2.24) is 14.5 Å². The number of pyridine rings is 3. The van der Waals surface area contributed by atoms with E-state index in [1.807, 2.05) is 26.8 Å². The maximum absolute atomic E-state index is 13.0. The third kappa shape index (κ3) is 5.33. The zero-order valence-electron chi connectivity index (χ0n) is 18.3. The predicted molar refractivity (Wildman–Crippen MR) is 124 cm³/mol. The minimum Gasteiger partial charge on any atom is -0.395 e. The largest absolute Gasteiger partial charge is 0.395 e. The van der Waals surface area contributed by atoms with Crippen molar-refractivity contribution in [2.45, 2.75) is 52.3 Å². The first-order chi connectivity index (χ1) is 14.4. The number of halogens is 1. The van der Waals surface area contributed by atoms with Crippen LogP contribution in [0.5, 0.6) is 0 Å². The maximum Gasteiger partial charge on any atom is 0.262 e. The summed E-state index contributed by atoms with van der Waals surface area (Å²) in [6.07, 6.45) is 3.12. The zero-order valence-corrected chi connectivity index (χ0v) is 19.1. The third-order valence-electron chi connectivity index (χ3n) is 4.56. The lowest BCUT2D eigenvalue weighted by molar-refractivity contribution is 0.0787. The number of aliphatic hydroxyl groups is 2. The fourth-order valence-electron chi connectivity index (χ4n) is 3.20. The molecule has 0 saturated heterocycles. The van der Waals surface area contributed by atoms with E-state index in [4.69, 9.17) is 11.6 Å². The van der Waals surface area contributed by atoms with Gasteiger partial charge in [0.1, 0.15) is 17.5 Å². The van der Waals surface area contributed by atoms with Crippen molar-refractivity contribution in [2.24, 2.45) is 0 Å². The van der Waals surface area contributed by atoms with E-state index in [9.17, 15) is 15.0 Å². The van der Waals surface area contributed by atoms with Gasteiger partial charge in [-0.05, 0) is 58.2 Å². The van der Waals surface area contributed by atoms with E-state index >= 15 is 0 Å². The topological polar surface area (TPSA) is 112 Å². The van der Waals surface area contributed by atoms with Crippen LogP contribution in [0.25, 0.3) is 10.8 Å². The summed E-state index contributed by atoms with van der Waals surface area (Å²) in [6.45, 7) is 9.30. The molecule has 0 saturated carbocycles. The molecule has 9 heteroatoms. The first-order valence-corrected chi connectivity index (χ1v) is 10.4. The fraction of sp³-hybridized carbons (Fsp3) is 0.409. The molecule has 3 aromatic heterocycles. The molecule has 0 aromatic carbocycles. The SMILES string of the molecule is CC(C)(C)Nc1nc(Nc2cc(C(C)(C)O)c(Cl)cn2)cc2ccn(CCO)c(=O)c12. The van der Waals surface area contributed by atoms with Gasteiger partial charge in [-0.25, -0.2) is 9.97 Å². The van der Waals surface area contributed by atoms with Crippen molar-refractivity contribution >= 4 is 39.8 Å². The molecule has 8 nitrogen and oxygen atoms in total. The number of aliphatic hydroxyl groups excluding tert-OH is 1. The molecule has 0 aliphatic carbocycles. The number of nitrogens with zero attached hydrogens (tertiary/aromatic N) is 3. The Morgan fingerprint density at radius 1 is 1.16 bits per heavy atom. The number of fused-ring (bicyclic) bond motifs is 1. The molecule has 0 fully saturated rings. The van der Waals surface area contributed by atoms with Crippen LogP contribution in [0, 0.1) is 0 Å². The van der Waals surface area contributed by atoms with Gasteiger partial charge in [-0.1, -0.05) is 11.6 Å². The lowest BCUT2D eigenvalue weighted by Gasteiger charge is -2.23. The van der Waals surface area contributed by atoms with E-state index in [1.54, 1.807) is 32.2 Å². The highest BCUT2D eigenvalue weighted by molar-refractivity contribution is 6.31. The number of aromatic nitrogens is 3. The monoisotopic (exact) mass is 445 g/mol. The quantitative estimate of drug-likeness (QED) is 0.458. The van der Waals surface area contributed by atoms with Crippen LogP contribution >= 0.6 is 11.6 Å². The van der Waals surface area contributed by atoms with Crippen LogP contribution in [0.3, 0.4) is 0 Å². The lowest BCUT2D eigenvalue weighted by Crippen LogP contribution is -2.29. The summed E-state index contributed by atoms with van der Waals surface area (Å²) < 4.78 is 1.46. The lowest BCUT2D eigenvalue weighted by atomic mass is 9.99. The molecule has 166 valence electrons. The number of nitrogens with one attached hydrogen (secondary N) is 2. The average molecular weight is 446 g/mol. The van der Waals surface area contributed by atoms with Gasteiger partial charge in [0.2, 0.25) is 0 Å². The molecular weight excluding hydrogens is 418 g/mol. The standard InChI is InChI=1S/C22H28ClN5O3/c1-21(2,3)27-19-18-13(6-7-28(8-9-29)20(18)30)10-17(26-19)25-16-11-14(22(4,5)31)15(23)12-24-16/h6-7,10-12,29,31H,8-9H2,1-5H3,(H2,24,25,26,27). The third-order valence-corrected chi connectivity index (χ3v) is 4.86. The van der Waals surface area contributed by atoms with Crippen LogP contribution in [0.15, 0.2) is 35.4 Å². The first kappa shape index (κ1) is 23.0. The molecule has 0 bridgehead atoms. The molecule has 0 amide bonds. The van der Waals surface area contributed by atoms with Crippen LogP contribution in [0.2, 0.25) is 5.02 Å². The van der Waals surface area contributed by atoms with Crippen molar-refractivity contribution < 1.29 is 10.2 Å². The molecule has 4 N–H and O–H groups in total. The molecule has 0 aliphatic rings. The van der Waals surface area contributed by atoms with Crippen LogP contribution in [0.4, 0.5) is 17.5 Å². The van der Waals surface area contributed by atoms with E-state index in [0.717, 1.165) is 0 Å². The molecule has 3 aromatic rings. The van der Waals surface area contributed by atoms with Gasteiger partial charge < -0.3 is 25.4 Å². The molecule has 31 heavy (non-hydrogen) atoms. The predicted octanol–water partition coefficient (Wildman–Crippen LogP) is 3.62. The first-order valence-electron chi connectivity index (χ1n) is 9.98. The summed E-state index contributed by atoms with van der Waals surface area (Å²) in [4.78, 5) is 21.9. The van der Waals surface area contributed by atoms with E-state index in [2.05, 4.69) is 20.6 Å². The van der Waals surface area contributed by atoms with Gasteiger partial charge >= 0.3 is 0 Å². The Bertz CT molecular complexity index is 1160. The fourth-order valence-corrected chi connectivity index (χ4v) is 3.54. The molecule has 3 rings (SSSR count). The maximum atomic E-state index is 13.0. The summed E-state index contributed by atoms with van der Waals surface area (Å²) >= 11 is 6.19. The van der Waals surface area contributed by atoms with Crippen LogP contribution in [-0.4, -0.2) is 36.9 Å². The van der Waals surface area contributed by atoms with E-state index in [0.29, 0.717) is 38.8 Å². The average Bonchev–Trinajstić information content (AvgIpc) is 2.63. The number of hydrogen-bond donors (Lipinski definition) is 4. The second kappa shape index (κ2) is 8.45. The minimum atomic E-state index is -1.13. The highest BCUT2D eigenvalue weighted by Crippen LogP contribution is 2.31. The summed E-state index contributed by atoms with van der Waals surface area (Å²) in [7, 11) is 0. The van der Waals surface area contributed by atoms with Crippen LogP contribution < -0.4 is 16.2 Å². The Hall–Kier alpha value is -2.68. The van der Waals surface area contributed by atoms with E-state index in [-0.39, 0.29) is 24.2 Å². The Balaban J connectivity index is 2.12. The number of rotatable bonds is 6. The zero-order chi connectivity index (χ0) is 23.0. The van der Waals surface area contributed by atoms with Crippen LogP contribution in [0.1, 0.15) is 40.2 Å². The molecule has 3 heterocycles. The second-order valence-corrected chi connectivity index (χ2v) is 9.37. The van der Waals surface area contributed by atoms with Gasteiger partial charge in [0.25, 0.3) is 5.56 Å². The normalized spacial score (nSPS) is 12.3. The summed E-state index contributed by atoms with van der Waals surface area (Å²) in [5, 5.41) is 27.5. The van der Waals surface area contributed by atoms with Gasteiger partial charge in [0.05, 0.1) is 22.6 Å². The molecule has 0 radical (unpaired) electrons. The van der Waals surface area contributed by atoms with Crippen molar-refractivity contribution in [3.05, 3.63) is 51.5 Å². The highest BCUT2D eigenvalue weighted by atomic mass is 35.5. The Morgan fingerprint density at radius 3 is 2.48 bits per heavy atom. The Labute approximate surface area is 185 Å². The van der Waals surface area contributed by atoms with Gasteiger partial charge in [-0.15, -0.1) is 0 Å². The van der Waals surface area contributed by atoms with Crippen LogP contribution in [-0.2, 0) is 12.1 Å². The van der Waals surface area contributed by atoms with E-state index < -0.39 is 5.60 Å². The van der Waals surface area contributed by atoms with Gasteiger partial charge in [-0.2, -0.15) is 0 Å². The summed E-state index contributed by atoms with van der Waals surface area (Å²) in [6, 6.07) is 5.24. The van der Waals surface area contributed by atoms with Gasteiger partial charge in [0.15, 0.2) is 0 Å². The van der Waals surface area contributed by atoms with E-state index in [1.165, 1.54) is 10.8 Å². The van der Waals surface area contributed by atoms with Crippen molar-refractivity contribution in [3.8, 4) is 0 Å². The van der Waals surface area contributed by atoms with Crippen molar-refractivity contribution in [3.63, 3.8) is 0 Å². The summed E-state index contributed by atoms with van der Waals surface area (Å²) in [5.74, 6) is 1.38. The highest BCUT2D eigenvalue weighted by Gasteiger charge is 2.21. The molecule has 0 atom stereocenters. The summed E-state index contributed by atoms with van der Waals surface area (Å²) in [5.41, 5.74) is -1.17. The molecule has 0 aliphatic heterocycles.